The van der Waals surface area contributed by atoms with Crippen LogP contribution in [0, 0.1) is 23.1 Å². The molecule has 3 N–H and O–H groups in total. The molecule has 4 rings (SSSR count). The number of imidazole rings is 1. The summed E-state index contributed by atoms with van der Waals surface area (Å²) in [5, 5.41) is 13.5. The molecule has 1 saturated carbocycles. The van der Waals surface area contributed by atoms with Crippen molar-refractivity contribution in [1.29, 1.82) is 5.26 Å². The van der Waals surface area contributed by atoms with Gasteiger partial charge in [-0.2, -0.15) is 27.2 Å². The topological polar surface area (TPSA) is 116 Å². The number of alkyl halides is 5. The third-order valence-electron chi connectivity index (χ3n) is 7.63. The maximum absolute atomic E-state index is 15.7. The Morgan fingerprint density at radius 1 is 1.16 bits per heavy atom. The van der Waals surface area contributed by atoms with Crippen molar-refractivity contribution in [2.24, 2.45) is 13.0 Å². The summed E-state index contributed by atoms with van der Waals surface area (Å²) in [6, 6.07) is 5.98. The van der Waals surface area contributed by atoms with Crippen LogP contribution in [0.25, 0.3) is 11.0 Å². The van der Waals surface area contributed by atoms with E-state index in [2.05, 4.69) is 15.3 Å². The van der Waals surface area contributed by atoms with Crippen molar-refractivity contribution in [3.63, 3.8) is 0 Å². The van der Waals surface area contributed by atoms with Crippen LogP contribution in [-0.4, -0.2) is 45.5 Å². The lowest BCUT2D eigenvalue weighted by Gasteiger charge is -2.30. The SMILES string of the molecule is Cn1c(C#N)ccc1C(=O)NC(c1nc2c(F)c(C(CC(F)F)C(=O)NCC(F)(F)F)ccc2[nH]1)C1CCC(=C(F)F)CC1. The number of hydrogen-bond acceptors (Lipinski definition) is 4. The minimum Gasteiger partial charge on any atom is -0.346 e. The van der Waals surface area contributed by atoms with Crippen molar-refractivity contribution >= 4 is 22.8 Å². The van der Waals surface area contributed by atoms with Crippen LogP contribution in [0.2, 0.25) is 0 Å². The molecule has 16 heteroatoms. The fraction of sp³-hybridized carbons (Fsp3) is 0.429. The second-order valence-electron chi connectivity index (χ2n) is 10.4. The fourth-order valence-electron chi connectivity index (χ4n) is 5.34. The van der Waals surface area contributed by atoms with Gasteiger partial charge in [0.1, 0.15) is 35.3 Å². The predicted octanol–water partition coefficient (Wildman–Crippen LogP) is 6.14. The number of carbonyl (C=O) groups excluding carboxylic acids is 2. The minimum atomic E-state index is -4.83. The van der Waals surface area contributed by atoms with Gasteiger partial charge in [-0.15, -0.1) is 0 Å². The third-order valence-corrected chi connectivity index (χ3v) is 7.63. The highest BCUT2D eigenvalue weighted by Crippen LogP contribution is 2.39. The Morgan fingerprint density at radius 2 is 1.84 bits per heavy atom. The van der Waals surface area contributed by atoms with Crippen molar-refractivity contribution < 1.29 is 44.7 Å². The van der Waals surface area contributed by atoms with Crippen molar-refractivity contribution in [3.8, 4) is 6.07 Å². The van der Waals surface area contributed by atoms with Crippen LogP contribution < -0.4 is 10.6 Å². The average Bonchev–Trinajstić information content (AvgIpc) is 3.57. The van der Waals surface area contributed by atoms with Gasteiger partial charge < -0.3 is 20.2 Å². The predicted molar refractivity (Wildman–Crippen MR) is 140 cm³/mol. The summed E-state index contributed by atoms with van der Waals surface area (Å²) in [6.07, 6.45) is -10.6. The zero-order valence-electron chi connectivity index (χ0n) is 23.0. The number of rotatable bonds is 9. The first-order valence-corrected chi connectivity index (χ1v) is 13.4. The van der Waals surface area contributed by atoms with Crippen LogP contribution >= 0.6 is 0 Å². The van der Waals surface area contributed by atoms with Gasteiger partial charge >= 0.3 is 6.18 Å². The highest BCUT2D eigenvalue weighted by atomic mass is 19.4. The van der Waals surface area contributed by atoms with Gasteiger partial charge in [0, 0.05) is 19.0 Å². The molecule has 44 heavy (non-hydrogen) atoms. The number of nitrogens with zero attached hydrogens (tertiary/aromatic N) is 3. The molecule has 0 radical (unpaired) electrons. The Morgan fingerprint density at radius 3 is 2.41 bits per heavy atom. The normalized spacial score (nSPS) is 16.9. The fourth-order valence-corrected chi connectivity index (χ4v) is 5.34. The van der Waals surface area contributed by atoms with E-state index in [1.54, 1.807) is 0 Å². The van der Waals surface area contributed by atoms with Crippen molar-refractivity contribution in [2.75, 3.05) is 6.54 Å². The Hall–Kier alpha value is -4.42. The molecule has 8 nitrogen and oxygen atoms in total. The Balaban J connectivity index is 1.71. The summed E-state index contributed by atoms with van der Waals surface area (Å²) in [7, 11) is 1.49. The summed E-state index contributed by atoms with van der Waals surface area (Å²) in [6.45, 7) is -1.80. The van der Waals surface area contributed by atoms with Crippen molar-refractivity contribution in [2.45, 2.75) is 56.7 Å². The molecule has 3 aromatic rings. The van der Waals surface area contributed by atoms with Gasteiger partial charge in [0.2, 0.25) is 12.3 Å². The lowest BCUT2D eigenvalue weighted by molar-refractivity contribution is -0.139. The standard InChI is InChI=1S/C28H26F8N6O2/c1-42-15(11-37)6-9-19(42)27(44)41-22(13-2-4-14(5-3-13)24(32)33)25-39-18-8-7-16(21(31)23(18)40-25)17(10-20(29)30)26(43)38-12-28(34,35)36/h6-9,13,17,20,22H,2-5,10,12H2,1H3,(H,38,43)(H,39,40)(H,41,44). The van der Waals surface area contributed by atoms with E-state index in [4.69, 9.17) is 0 Å². The third kappa shape index (κ3) is 7.20. The molecule has 1 fully saturated rings. The molecule has 1 aromatic carbocycles. The van der Waals surface area contributed by atoms with Gasteiger partial charge in [-0.25, -0.2) is 18.2 Å². The second-order valence-corrected chi connectivity index (χ2v) is 10.4. The van der Waals surface area contributed by atoms with Gasteiger partial charge in [0.15, 0.2) is 5.82 Å². The van der Waals surface area contributed by atoms with Gasteiger partial charge in [0.25, 0.3) is 12.0 Å². The van der Waals surface area contributed by atoms with Crippen LogP contribution in [0.5, 0.6) is 0 Å². The van der Waals surface area contributed by atoms with E-state index in [0.29, 0.717) is 0 Å². The maximum Gasteiger partial charge on any atom is 0.405 e. The summed E-state index contributed by atoms with van der Waals surface area (Å²) < 4.78 is 108. The van der Waals surface area contributed by atoms with Crippen LogP contribution in [0.4, 0.5) is 35.1 Å². The number of aromatic nitrogens is 3. The minimum absolute atomic E-state index is 0.00389. The number of nitriles is 1. The zero-order chi connectivity index (χ0) is 32.3. The van der Waals surface area contributed by atoms with Gasteiger partial charge in [-0.3, -0.25) is 9.59 Å². The van der Waals surface area contributed by atoms with E-state index < -0.39 is 78.2 Å². The molecular formula is C28H26F8N6O2. The number of carbonyl (C=O) groups is 2. The molecule has 0 bridgehead atoms. The molecule has 1 aliphatic carbocycles. The van der Waals surface area contributed by atoms with E-state index in [1.165, 1.54) is 35.1 Å². The number of H-pyrrole nitrogens is 1. The monoisotopic (exact) mass is 630 g/mol. The highest BCUT2D eigenvalue weighted by molar-refractivity contribution is 5.93. The number of nitrogens with one attached hydrogen (secondary N) is 3. The van der Waals surface area contributed by atoms with E-state index in [-0.39, 0.29) is 54.0 Å². The molecule has 2 aromatic heterocycles. The van der Waals surface area contributed by atoms with Crippen LogP contribution in [0.15, 0.2) is 35.9 Å². The largest absolute Gasteiger partial charge is 0.405 e. The summed E-state index contributed by atoms with van der Waals surface area (Å²) in [5.74, 6) is -5.74. The molecule has 0 aliphatic heterocycles. The molecule has 236 valence electrons. The van der Waals surface area contributed by atoms with Crippen LogP contribution in [0.3, 0.4) is 0 Å². The molecule has 2 unspecified atom stereocenters. The van der Waals surface area contributed by atoms with Gasteiger partial charge in [0.05, 0.1) is 17.5 Å². The molecule has 2 amide bonds. The number of aromatic amines is 1. The van der Waals surface area contributed by atoms with E-state index >= 15 is 4.39 Å². The van der Waals surface area contributed by atoms with Crippen molar-refractivity contribution in [3.05, 3.63) is 64.5 Å². The Bertz CT molecular complexity index is 1610. The first kappa shape index (κ1) is 32.5. The van der Waals surface area contributed by atoms with Crippen molar-refractivity contribution in [1.82, 2.24) is 25.2 Å². The number of halogens is 8. The van der Waals surface area contributed by atoms with Crippen LogP contribution in [-0.2, 0) is 11.8 Å². The van der Waals surface area contributed by atoms with E-state index in [1.807, 2.05) is 6.07 Å². The quantitative estimate of drug-likeness (QED) is 0.247. The van der Waals surface area contributed by atoms with Gasteiger partial charge in [-0.1, -0.05) is 6.07 Å². The average molecular weight is 631 g/mol. The highest BCUT2D eigenvalue weighted by Gasteiger charge is 2.35. The summed E-state index contributed by atoms with van der Waals surface area (Å²) in [5.41, 5.74) is -0.729. The summed E-state index contributed by atoms with van der Waals surface area (Å²) in [4.78, 5) is 32.8. The maximum atomic E-state index is 15.7. The second kappa shape index (κ2) is 13.1. The molecule has 1 aliphatic rings. The Kier molecular flexibility index (Phi) is 9.65. The molecule has 2 heterocycles. The lowest BCUT2D eigenvalue weighted by atomic mass is 9.81. The smallest absolute Gasteiger partial charge is 0.346 e. The summed E-state index contributed by atoms with van der Waals surface area (Å²) >= 11 is 0. The van der Waals surface area contributed by atoms with E-state index in [0.717, 1.165) is 6.07 Å². The number of benzene rings is 1. The number of fused-ring (bicyclic) bond motifs is 1. The number of hydrogen-bond donors (Lipinski definition) is 3. The van der Waals surface area contributed by atoms with E-state index in [9.17, 15) is 45.6 Å². The molecule has 2 atom stereocenters. The number of amides is 2. The zero-order valence-corrected chi connectivity index (χ0v) is 23.0. The first-order valence-electron chi connectivity index (χ1n) is 13.4. The Labute approximate surface area is 245 Å². The molecular weight excluding hydrogens is 604 g/mol. The number of allylic oxidation sites excluding steroid dienone is 1. The molecule has 0 saturated heterocycles. The van der Waals surface area contributed by atoms with Crippen LogP contribution in [0.1, 0.15) is 71.6 Å². The lowest BCUT2D eigenvalue weighted by Crippen LogP contribution is -2.37. The first-order chi connectivity index (χ1) is 20.7. The van der Waals surface area contributed by atoms with Gasteiger partial charge in [-0.05, 0) is 55.4 Å². The molecule has 0 spiro atoms.